The van der Waals surface area contributed by atoms with Gasteiger partial charge in [0, 0.05) is 155 Å². The number of hydrogen-bond donors (Lipinski definition) is 8. The summed E-state index contributed by atoms with van der Waals surface area (Å²) in [5.74, 6) is -1.58. The number of imidazole rings is 4. The van der Waals surface area contributed by atoms with Crippen LogP contribution in [0.3, 0.4) is 0 Å². The lowest BCUT2D eigenvalue weighted by Gasteiger charge is -2.31. The predicted molar refractivity (Wildman–Crippen MR) is 509 cm³/mol. The highest BCUT2D eigenvalue weighted by Gasteiger charge is 2.31. The summed E-state index contributed by atoms with van der Waals surface area (Å²) in [6, 6.07) is 43.9. The first kappa shape index (κ1) is 95.9. The third-order valence-corrected chi connectivity index (χ3v) is 25.8. The molecule has 12 N–H and O–H groups in total. The van der Waals surface area contributed by atoms with E-state index in [1.165, 1.54) is 55.4 Å². The summed E-state index contributed by atoms with van der Waals surface area (Å²) in [6.07, 6.45) is 24.0. The van der Waals surface area contributed by atoms with Gasteiger partial charge in [-0.3, -0.25) is 78.8 Å². The van der Waals surface area contributed by atoms with Crippen LogP contribution in [-0.4, -0.2) is 180 Å². The molecule has 133 heavy (non-hydrogen) atoms. The van der Waals surface area contributed by atoms with Gasteiger partial charge in [0.25, 0.3) is 47.0 Å². The quantitative estimate of drug-likeness (QED) is 0.0153. The molecule has 4 saturated carbocycles. The van der Waals surface area contributed by atoms with Gasteiger partial charge in [0.1, 0.15) is 0 Å². The summed E-state index contributed by atoms with van der Waals surface area (Å²) >= 11 is 1.33. The van der Waals surface area contributed by atoms with Crippen LogP contribution in [0.25, 0.3) is 49.8 Å². The molecule has 0 unspecified atom stereocenters. The number of nitro benzene ring substituents is 1. The summed E-state index contributed by atoms with van der Waals surface area (Å²) in [6.45, 7) is 5.07. The van der Waals surface area contributed by atoms with Gasteiger partial charge in [-0.2, -0.15) is 0 Å². The topological polar surface area (TPSA) is 480 Å². The fourth-order valence-corrected chi connectivity index (χ4v) is 18.1. The van der Waals surface area contributed by atoms with Crippen LogP contribution in [0.5, 0.6) is 0 Å². The maximum Gasteiger partial charge on any atom is 0.293 e. The smallest absolute Gasteiger partial charge is 0.293 e. The number of amides is 11. The number of nitrogens with one attached hydrogen (secondary N) is 4. The largest absolute Gasteiger partial charge is 0.459 e. The number of non-ortho nitro benzene ring substituents is 1. The van der Waals surface area contributed by atoms with Gasteiger partial charge in [-0.25, -0.2) is 19.9 Å². The number of aromatic nitrogens is 8. The highest BCUT2D eigenvalue weighted by Crippen LogP contribution is 2.34. The monoisotopic (exact) mass is 1830 g/mol. The first-order valence-electron chi connectivity index (χ1n) is 45.1. The Morgan fingerprint density at radius 1 is 0.391 bits per heavy atom. The minimum Gasteiger partial charge on any atom is -0.459 e. The normalized spacial score (nSPS) is 14.2. The number of fused-ring (bicyclic) bond motifs is 4. The lowest BCUT2D eigenvalue weighted by atomic mass is 9.94. The summed E-state index contributed by atoms with van der Waals surface area (Å²) in [5.41, 5.74) is 30.1. The van der Waals surface area contributed by atoms with Gasteiger partial charge in [-0.1, -0.05) is 120 Å². The number of hydrogen-bond acceptors (Lipinski definition) is 20. The second-order valence-corrected chi connectivity index (χ2v) is 34.9. The molecule has 0 radical (unpaired) electrons. The molecule has 4 fully saturated rings. The summed E-state index contributed by atoms with van der Waals surface area (Å²) in [4.78, 5) is 173. The molecule has 0 bridgehead atoms. The van der Waals surface area contributed by atoms with Gasteiger partial charge in [0.05, 0.1) is 60.2 Å². The third kappa shape index (κ3) is 24.3. The lowest BCUT2D eigenvalue weighted by Crippen LogP contribution is -2.38. The molecule has 6 aromatic heterocycles. The standard InChI is InChI=1S/C26H30N6O4.C25H29N5O3.C23H27N5O4.C23H27N5O3S/c1-17(18-7-6-10-21(15-18)32(35)36)28-26-29-22-16-19(11-12-23(22)31(26)14-13-24(27)33)25(34)30(2)20-8-4-3-5-9-20;1-29(19-10-6-3-7-11-19)24(33)18-12-13-21-20(16-18)27-25(30(21)15-14-22(26)31)28-23(32)17-8-4-2-5-9-17;2*1-27(16-6-3-2-4-7-16)22(31)15-9-10-18-17(14-15)25-23(28(18)12-11-20(24)29)26-21(30)19-8-5-13-32-19/h6-7,10-12,15-16,20H,1,3-5,8-9,13-14H2,2H3,(H2,27,33)(H,28,29);2,4-5,8-9,12-13,16,19H,3,6-7,10-11,14-15H2,1H3,(H2,26,31)(H,27,28,32);2*5,8-10,13-14,16H,2-4,6-7,11-12H2,1H3,(H2,24,29)(H,25,26,30). The number of carbonyl (C=O) groups is 11. The lowest BCUT2D eigenvalue weighted by molar-refractivity contribution is -0.384. The van der Waals surface area contributed by atoms with Crippen molar-refractivity contribution in [1.29, 1.82) is 0 Å². The average Bonchev–Trinajstić information content (AvgIpc) is 1.65. The van der Waals surface area contributed by atoms with E-state index in [2.05, 4.69) is 47.8 Å². The van der Waals surface area contributed by atoms with Gasteiger partial charge in [0.2, 0.25) is 47.4 Å². The molecular weight excluding hydrogens is 1720 g/mol. The zero-order valence-corrected chi connectivity index (χ0v) is 76.0. The van der Waals surface area contributed by atoms with E-state index < -0.39 is 34.5 Å². The average molecular weight is 1830 g/mol. The molecule has 36 heteroatoms. The van der Waals surface area contributed by atoms with Gasteiger partial charge < -0.3 is 70.5 Å². The first-order valence-corrected chi connectivity index (χ1v) is 45.9. The fourth-order valence-electron chi connectivity index (χ4n) is 17.5. The van der Waals surface area contributed by atoms with Crippen LogP contribution in [0.15, 0.2) is 174 Å². The first-order chi connectivity index (χ1) is 64.0. The van der Waals surface area contributed by atoms with Crippen molar-refractivity contribution in [1.82, 2.24) is 57.8 Å². The van der Waals surface area contributed by atoms with Crippen molar-refractivity contribution in [2.75, 3.05) is 49.5 Å². The molecule has 16 rings (SSSR count). The van der Waals surface area contributed by atoms with Crippen molar-refractivity contribution in [2.45, 2.75) is 204 Å². The van der Waals surface area contributed by atoms with Crippen LogP contribution in [0.4, 0.5) is 29.5 Å². The Balaban J connectivity index is 0.000000151. The number of thiophene rings is 1. The molecule has 0 atom stereocenters. The molecule has 0 aliphatic heterocycles. The Morgan fingerprint density at radius 2 is 0.722 bits per heavy atom. The second-order valence-electron chi connectivity index (χ2n) is 34.0. The van der Waals surface area contributed by atoms with Crippen molar-refractivity contribution in [3.05, 3.63) is 224 Å². The summed E-state index contributed by atoms with van der Waals surface area (Å²) in [7, 11) is 7.42. The van der Waals surface area contributed by atoms with Crippen LogP contribution < -0.4 is 44.2 Å². The fraction of sp³-hybridized carbons (Fsp3) is 0.371. The van der Waals surface area contributed by atoms with Crippen molar-refractivity contribution in [2.24, 2.45) is 22.9 Å². The van der Waals surface area contributed by atoms with Gasteiger partial charge >= 0.3 is 0 Å². The van der Waals surface area contributed by atoms with E-state index in [1.807, 2.05) is 77.4 Å². The van der Waals surface area contributed by atoms with E-state index in [9.17, 15) is 62.9 Å². The summed E-state index contributed by atoms with van der Waals surface area (Å²) in [5, 5.41) is 24.5. The van der Waals surface area contributed by atoms with Crippen molar-refractivity contribution < 1.29 is 62.1 Å². The maximum atomic E-state index is 13.2. The Kier molecular flexibility index (Phi) is 32.2. The number of aryl methyl sites for hydroxylation is 4. The molecule has 0 spiro atoms. The number of primary amides is 4. The Hall–Kier alpha value is -14.7. The Bertz CT molecular complexity index is 6070. The molecule has 0 saturated heterocycles. The highest BCUT2D eigenvalue weighted by molar-refractivity contribution is 7.12. The molecule has 6 heterocycles. The van der Waals surface area contributed by atoms with E-state index in [-0.39, 0.29) is 129 Å². The van der Waals surface area contributed by atoms with E-state index in [1.54, 1.807) is 134 Å². The van der Waals surface area contributed by atoms with Gasteiger partial charge in [0.15, 0.2) is 5.76 Å². The minimum absolute atomic E-state index is 0.0327. The zero-order chi connectivity index (χ0) is 94.5. The number of furan rings is 1. The third-order valence-electron chi connectivity index (χ3n) is 24.9. The summed E-state index contributed by atoms with van der Waals surface area (Å²) < 4.78 is 12.1. The van der Waals surface area contributed by atoms with Gasteiger partial charge in [-0.15, -0.1) is 11.3 Å². The van der Waals surface area contributed by atoms with E-state index >= 15 is 0 Å². The van der Waals surface area contributed by atoms with Crippen LogP contribution in [0.2, 0.25) is 0 Å². The van der Waals surface area contributed by atoms with Crippen LogP contribution in [-0.2, 0) is 45.4 Å². The number of nitrogens with zero attached hydrogens (tertiary/aromatic N) is 13. The minimum atomic E-state index is -0.470. The SMILES string of the molecule is C=C(Nc1nc2cc(C(=O)N(C)C3CCCCC3)ccc2n1CCC(N)=O)c1cccc([N+](=O)[O-])c1.CN(C(=O)c1ccc2c(c1)nc(NC(=O)c1ccccc1)n2CCC(N)=O)C1CCCCC1.CN(C(=O)c1ccc2c(c1)nc(NC(=O)c1ccco1)n2CCC(N)=O)C1CCCCC1.CN(C(=O)c1ccc2c(c1)nc(NC(=O)c1cccs1)n2CCC(N)=O)C1CCCCC1. The molecule has 6 aromatic carbocycles. The molecule has 4 aliphatic carbocycles. The zero-order valence-electron chi connectivity index (χ0n) is 75.2. The van der Waals surface area contributed by atoms with Crippen molar-refractivity contribution in [3.63, 3.8) is 0 Å². The molecule has 35 nitrogen and oxygen atoms in total. The Morgan fingerprint density at radius 3 is 1.04 bits per heavy atom. The van der Waals surface area contributed by atoms with Crippen molar-refractivity contribution in [3.8, 4) is 0 Å². The number of anilines is 4. The molecule has 4 aliphatic rings. The van der Waals surface area contributed by atoms with Crippen LogP contribution in [0.1, 0.15) is 232 Å². The number of benzene rings is 6. The van der Waals surface area contributed by atoms with Crippen LogP contribution in [0, 0.1) is 10.1 Å². The van der Waals surface area contributed by atoms with Crippen molar-refractivity contribution >= 4 is 156 Å². The van der Waals surface area contributed by atoms with E-state index in [4.69, 9.17) is 27.4 Å². The molecule has 696 valence electrons. The van der Waals surface area contributed by atoms with E-state index in [0.717, 1.165) is 119 Å². The number of rotatable bonds is 30. The van der Waals surface area contributed by atoms with E-state index in [0.29, 0.717) is 89.4 Å². The van der Waals surface area contributed by atoms with Crippen LogP contribution >= 0.6 is 11.3 Å². The predicted octanol–water partition coefficient (Wildman–Crippen LogP) is 14.7. The Labute approximate surface area is 772 Å². The van der Waals surface area contributed by atoms with Gasteiger partial charge in [-0.05, 0) is 160 Å². The second kappa shape index (κ2) is 44.7. The number of nitro groups is 1. The number of nitrogens with two attached hydrogens (primary N) is 4. The number of carbonyl (C=O) groups excluding carboxylic acids is 11. The molecule has 12 aromatic rings. The molecule has 11 amide bonds. The highest BCUT2D eigenvalue weighted by atomic mass is 32.1. The molecular formula is C97H113N21O14S. The maximum absolute atomic E-state index is 13.2.